The molecule has 0 radical (unpaired) electrons. The third kappa shape index (κ3) is 1.39. The molecule has 1 rings (SSSR count). The van der Waals surface area contributed by atoms with Crippen molar-refractivity contribution in [3.8, 4) is 0 Å². The van der Waals surface area contributed by atoms with Crippen molar-refractivity contribution in [3.05, 3.63) is 28.2 Å². The number of carbonyl (C=O) groups excluding carboxylic acids is 1. The van der Waals surface area contributed by atoms with E-state index in [2.05, 4.69) is 20.9 Å². The van der Waals surface area contributed by atoms with Crippen LogP contribution >= 0.6 is 15.9 Å². The summed E-state index contributed by atoms with van der Waals surface area (Å²) in [6, 6.07) is 1.07. The normalized spacial score (nSPS) is 9.40. The average Bonchev–Trinajstić information content (AvgIpc) is 1.95. The maximum Gasteiger partial charge on any atom is 0.168 e. The lowest BCUT2D eigenvalue weighted by atomic mass is 10.4. The Kier molecular flexibility index (Phi) is 2.11. The van der Waals surface area contributed by atoms with Gasteiger partial charge < -0.3 is 0 Å². The van der Waals surface area contributed by atoms with Crippen LogP contribution in [0.2, 0.25) is 0 Å². The summed E-state index contributed by atoms with van der Waals surface area (Å²) in [4.78, 5) is 13.6. The van der Waals surface area contributed by atoms with Crippen molar-refractivity contribution in [3.63, 3.8) is 0 Å². The van der Waals surface area contributed by atoms with Crippen LogP contribution in [-0.4, -0.2) is 11.3 Å². The van der Waals surface area contributed by atoms with Crippen molar-refractivity contribution in [2.45, 2.75) is 0 Å². The van der Waals surface area contributed by atoms with Crippen LogP contribution in [0.1, 0.15) is 10.5 Å². The predicted octanol–water partition coefficient (Wildman–Crippen LogP) is 1.80. The Balaban J connectivity index is 3.16. The number of rotatable bonds is 1. The van der Waals surface area contributed by atoms with Crippen LogP contribution in [0, 0.1) is 5.82 Å². The van der Waals surface area contributed by atoms with Crippen molar-refractivity contribution >= 4 is 22.2 Å². The Bertz CT molecular complexity index is 264. The molecule has 0 saturated carbocycles. The molecular formula is C6H3BrFNO. The van der Waals surface area contributed by atoms with E-state index in [0.29, 0.717) is 6.29 Å². The number of hydrogen-bond acceptors (Lipinski definition) is 2. The molecule has 1 aromatic heterocycles. The molecule has 0 aliphatic heterocycles. The van der Waals surface area contributed by atoms with E-state index in [1.54, 1.807) is 0 Å². The highest BCUT2D eigenvalue weighted by atomic mass is 79.9. The minimum absolute atomic E-state index is 0.0979. The molecular weight excluding hydrogens is 201 g/mol. The van der Waals surface area contributed by atoms with E-state index in [4.69, 9.17) is 0 Å². The van der Waals surface area contributed by atoms with E-state index in [-0.39, 0.29) is 10.2 Å². The number of halogens is 2. The SMILES string of the molecule is O=Cc1cc(F)c(Br)cn1. The summed E-state index contributed by atoms with van der Waals surface area (Å²) in [5.74, 6) is -0.475. The molecule has 0 aliphatic carbocycles. The zero-order chi connectivity index (χ0) is 7.56. The Labute approximate surface area is 65.2 Å². The Morgan fingerprint density at radius 1 is 1.70 bits per heavy atom. The summed E-state index contributed by atoms with van der Waals surface area (Å²) in [6.07, 6.45) is 1.74. The van der Waals surface area contributed by atoms with Gasteiger partial charge in [0.05, 0.1) is 4.47 Å². The molecule has 0 fully saturated rings. The lowest BCUT2D eigenvalue weighted by Crippen LogP contribution is -1.88. The highest BCUT2D eigenvalue weighted by Gasteiger charge is 1.99. The first-order chi connectivity index (χ1) is 4.74. The van der Waals surface area contributed by atoms with Crippen molar-refractivity contribution < 1.29 is 9.18 Å². The van der Waals surface area contributed by atoms with Gasteiger partial charge in [-0.2, -0.15) is 0 Å². The number of aromatic nitrogens is 1. The third-order valence-corrected chi connectivity index (χ3v) is 1.53. The van der Waals surface area contributed by atoms with Crippen molar-refractivity contribution in [1.29, 1.82) is 0 Å². The number of hydrogen-bond donors (Lipinski definition) is 0. The topological polar surface area (TPSA) is 30.0 Å². The maximum absolute atomic E-state index is 12.5. The molecule has 52 valence electrons. The van der Waals surface area contributed by atoms with E-state index in [0.717, 1.165) is 6.07 Å². The molecule has 0 aromatic carbocycles. The van der Waals surface area contributed by atoms with Crippen LogP contribution in [0.3, 0.4) is 0 Å². The van der Waals surface area contributed by atoms with Gasteiger partial charge in [0.15, 0.2) is 6.29 Å². The van der Waals surface area contributed by atoms with E-state index in [1.165, 1.54) is 6.20 Å². The van der Waals surface area contributed by atoms with Crippen molar-refractivity contribution in [1.82, 2.24) is 4.98 Å². The predicted molar refractivity (Wildman–Crippen MR) is 37.3 cm³/mol. The zero-order valence-corrected chi connectivity index (χ0v) is 6.43. The molecule has 4 heteroatoms. The second-order valence-corrected chi connectivity index (χ2v) is 2.50. The molecule has 0 spiro atoms. The zero-order valence-electron chi connectivity index (χ0n) is 4.84. The third-order valence-electron chi connectivity index (χ3n) is 0.950. The molecule has 0 aliphatic rings. The Hall–Kier alpha value is -0.770. The van der Waals surface area contributed by atoms with E-state index >= 15 is 0 Å². The van der Waals surface area contributed by atoms with E-state index in [9.17, 15) is 9.18 Å². The highest BCUT2D eigenvalue weighted by Crippen LogP contribution is 2.12. The fourth-order valence-electron chi connectivity index (χ4n) is 0.493. The summed E-state index contributed by atoms with van der Waals surface area (Å²) >= 11 is 2.91. The smallest absolute Gasteiger partial charge is 0.168 e. The molecule has 0 N–H and O–H groups in total. The van der Waals surface area contributed by atoms with E-state index < -0.39 is 5.82 Å². The summed E-state index contributed by atoms with van der Waals surface area (Å²) < 4.78 is 12.8. The van der Waals surface area contributed by atoms with Crippen LogP contribution < -0.4 is 0 Å². The number of pyridine rings is 1. The van der Waals surface area contributed by atoms with Gasteiger partial charge in [0, 0.05) is 12.3 Å². The monoisotopic (exact) mass is 203 g/mol. The van der Waals surface area contributed by atoms with Crippen LogP contribution in [0.15, 0.2) is 16.7 Å². The Morgan fingerprint density at radius 3 is 2.90 bits per heavy atom. The van der Waals surface area contributed by atoms with Gasteiger partial charge in [0.2, 0.25) is 0 Å². The molecule has 0 bridgehead atoms. The molecule has 1 aromatic rings. The molecule has 2 nitrogen and oxygen atoms in total. The van der Waals surface area contributed by atoms with Crippen LogP contribution in [-0.2, 0) is 0 Å². The quantitative estimate of drug-likeness (QED) is 0.652. The van der Waals surface area contributed by atoms with Gasteiger partial charge in [-0.1, -0.05) is 0 Å². The van der Waals surface area contributed by atoms with Gasteiger partial charge >= 0.3 is 0 Å². The van der Waals surface area contributed by atoms with Gasteiger partial charge in [-0.25, -0.2) is 4.39 Å². The van der Waals surface area contributed by atoms with Crippen molar-refractivity contribution in [2.75, 3.05) is 0 Å². The Morgan fingerprint density at radius 2 is 2.40 bits per heavy atom. The summed E-state index contributed by atoms with van der Waals surface area (Å²) in [5.41, 5.74) is 0.0979. The number of nitrogens with zero attached hydrogens (tertiary/aromatic N) is 1. The fourth-order valence-corrected chi connectivity index (χ4v) is 0.710. The molecule has 0 amide bonds. The van der Waals surface area contributed by atoms with Gasteiger partial charge in [0.25, 0.3) is 0 Å². The molecule has 10 heavy (non-hydrogen) atoms. The average molecular weight is 204 g/mol. The lowest BCUT2D eigenvalue weighted by Gasteiger charge is -1.91. The minimum Gasteiger partial charge on any atom is -0.296 e. The van der Waals surface area contributed by atoms with Crippen LogP contribution in [0.25, 0.3) is 0 Å². The standard InChI is InChI=1S/C6H3BrFNO/c7-5-2-9-4(3-10)1-6(5)8/h1-3H. The second-order valence-electron chi connectivity index (χ2n) is 1.64. The minimum atomic E-state index is -0.475. The van der Waals surface area contributed by atoms with E-state index in [1.807, 2.05) is 0 Å². The number of aldehydes is 1. The fraction of sp³-hybridized carbons (Fsp3) is 0. The maximum atomic E-state index is 12.5. The van der Waals surface area contributed by atoms with Crippen LogP contribution in [0.4, 0.5) is 4.39 Å². The van der Waals surface area contributed by atoms with Gasteiger partial charge in [-0.05, 0) is 15.9 Å². The molecule has 0 saturated heterocycles. The summed E-state index contributed by atoms with van der Waals surface area (Å²) in [5, 5.41) is 0. The molecule has 1 heterocycles. The van der Waals surface area contributed by atoms with Crippen molar-refractivity contribution in [2.24, 2.45) is 0 Å². The van der Waals surface area contributed by atoms with Gasteiger partial charge in [-0.3, -0.25) is 9.78 Å². The first kappa shape index (κ1) is 7.34. The number of carbonyl (C=O) groups is 1. The first-order valence-corrected chi connectivity index (χ1v) is 3.29. The molecule has 0 unspecified atom stereocenters. The van der Waals surface area contributed by atoms with Crippen LogP contribution in [0.5, 0.6) is 0 Å². The van der Waals surface area contributed by atoms with Gasteiger partial charge in [0.1, 0.15) is 11.5 Å². The molecule has 0 atom stereocenters. The summed E-state index contributed by atoms with van der Waals surface area (Å²) in [6.45, 7) is 0. The highest BCUT2D eigenvalue weighted by molar-refractivity contribution is 9.10. The van der Waals surface area contributed by atoms with Gasteiger partial charge in [-0.15, -0.1) is 0 Å². The second kappa shape index (κ2) is 2.88. The largest absolute Gasteiger partial charge is 0.296 e. The first-order valence-electron chi connectivity index (χ1n) is 2.50. The summed E-state index contributed by atoms with van der Waals surface area (Å²) in [7, 11) is 0. The lowest BCUT2D eigenvalue weighted by molar-refractivity contribution is 0.111.